The topological polar surface area (TPSA) is 32.7 Å². The van der Waals surface area contributed by atoms with Gasteiger partial charge in [0.2, 0.25) is 0 Å². The number of aliphatic hydroxyl groups excluding tert-OH is 1. The average molecular weight is 345 g/mol. The Balaban J connectivity index is 1.49. The molecule has 3 heteroatoms. The van der Waals surface area contributed by atoms with E-state index in [0.29, 0.717) is 13.2 Å². The Morgan fingerprint density at radius 2 is 1.65 bits per heavy atom. The van der Waals surface area contributed by atoms with Gasteiger partial charge in [-0.3, -0.25) is 4.90 Å². The molecule has 0 spiro atoms. The zero-order valence-electron chi connectivity index (χ0n) is 14.9. The number of fused-ring (bicyclic) bond motifs is 1. The molecule has 1 N–H and O–H groups in total. The number of ether oxygens (including phenoxy) is 1. The maximum absolute atomic E-state index is 10.3. The summed E-state index contributed by atoms with van der Waals surface area (Å²) in [4.78, 5) is 2.12. The van der Waals surface area contributed by atoms with Gasteiger partial charge in [0.25, 0.3) is 0 Å². The van der Waals surface area contributed by atoms with E-state index in [-0.39, 0.29) is 0 Å². The normalized spacial score (nSPS) is 16.9. The van der Waals surface area contributed by atoms with Gasteiger partial charge in [0.1, 0.15) is 12.4 Å². The quantitative estimate of drug-likeness (QED) is 0.760. The van der Waals surface area contributed by atoms with Crippen molar-refractivity contribution in [2.75, 3.05) is 13.6 Å². The molecule has 1 aliphatic rings. The highest BCUT2D eigenvalue weighted by atomic mass is 16.5. The van der Waals surface area contributed by atoms with Gasteiger partial charge in [-0.25, -0.2) is 0 Å². The number of β-amino-alcohol motifs (C(OH)–C–C–N with tert-alkyl or cyclic N) is 1. The van der Waals surface area contributed by atoms with Crippen LogP contribution in [0.25, 0.3) is 11.1 Å². The third-order valence-corrected chi connectivity index (χ3v) is 4.90. The van der Waals surface area contributed by atoms with Crippen LogP contribution in [-0.2, 0) is 13.2 Å². The molecule has 0 radical (unpaired) electrons. The predicted octanol–water partition coefficient (Wildman–Crippen LogP) is 4.41. The Hall–Kier alpha value is -2.62. The molecule has 1 aliphatic heterocycles. The van der Waals surface area contributed by atoms with Crippen LogP contribution in [0.1, 0.15) is 22.8 Å². The molecule has 0 saturated heterocycles. The zero-order valence-corrected chi connectivity index (χ0v) is 14.9. The zero-order chi connectivity index (χ0) is 17.9. The highest BCUT2D eigenvalue weighted by molar-refractivity contribution is 5.63. The monoisotopic (exact) mass is 345 g/mol. The van der Waals surface area contributed by atoms with Crippen LogP contribution in [0, 0.1) is 0 Å². The highest BCUT2D eigenvalue weighted by Crippen LogP contribution is 2.33. The van der Waals surface area contributed by atoms with Gasteiger partial charge < -0.3 is 9.84 Å². The molecule has 0 amide bonds. The summed E-state index contributed by atoms with van der Waals surface area (Å²) < 4.78 is 6.09. The second-order valence-corrected chi connectivity index (χ2v) is 6.89. The molecule has 3 aromatic rings. The van der Waals surface area contributed by atoms with Crippen LogP contribution in [0.2, 0.25) is 0 Å². The SMILES string of the molecule is CN1Cc2c(OCc3ccc(-c4ccccc4)cc3)cccc2[C@@H](O)C1. The smallest absolute Gasteiger partial charge is 0.124 e. The van der Waals surface area contributed by atoms with E-state index in [4.69, 9.17) is 4.74 Å². The van der Waals surface area contributed by atoms with E-state index in [1.807, 2.05) is 31.3 Å². The third kappa shape index (κ3) is 3.50. The summed E-state index contributed by atoms with van der Waals surface area (Å²) in [6.45, 7) is 1.98. The number of rotatable bonds is 4. The number of nitrogens with zero attached hydrogens (tertiary/aromatic N) is 1. The molecule has 0 aliphatic carbocycles. The number of hydrogen-bond donors (Lipinski definition) is 1. The van der Waals surface area contributed by atoms with Gasteiger partial charge >= 0.3 is 0 Å². The van der Waals surface area contributed by atoms with Gasteiger partial charge in [-0.05, 0) is 35.4 Å². The fourth-order valence-corrected chi connectivity index (χ4v) is 3.51. The molecule has 0 saturated carbocycles. The number of likely N-dealkylation sites (N-methyl/N-ethyl adjacent to an activating group) is 1. The maximum atomic E-state index is 10.3. The van der Waals surface area contributed by atoms with E-state index >= 15 is 0 Å². The van der Waals surface area contributed by atoms with Crippen molar-refractivity contribution in [2.45, 2.75) is 19.3 Å². The van der Waals surface area contributed by atoms with Gasteiger partial charge in [-0.2, -0.15) is 0 Å². The van der Waals surface area contributed by atoms with Crippen LogP contribution in [0.3, 0.4) is 0 Å². The standard InChI is InChI=1S/C23H23NO2/c1-24-14-21-20(22(25)15-24)8-5-9-23(21)26-16-17-10-12-19(13-11-17)18-6-3-2-4-7-18/h2-13,22,25H,14-16H2,1H3/t22-/m0/s1. The molecule has 0 bridgehead atoms. The van der Waals surface area contributed by atoms with Gasteiger partial charge in [0.05, 0.1) is 6.10 Å². The Labute approximate surface area is 154 Å². The van der Waals surface area contributed by atoms with Gasteiger partial charge in [-0.1, -0.05) is 66.7 Å². The van der Waals surface area contributed by atoms with Crippen molar-refractivity contribution in [1.29, 1.82) is 0 Å². The first kappa shape index (κ1) is 16.8. The first-order valence-electron chi connectivity index (χ1n) is 8.96. The Morgan fingerprint density at radius 1 is 0.923 bits per heavy atom. The van der Waals surface area contributed by atoms with Gasteiger partial charge in [-0.15, -0.1) is 0 Å². The van der Waals surface area contributed by atoms with Crippen molar-refractivity contribution in [3.8, 4) is 16.9 Å². The minimum absolute atomic E-state index is 0.447. The predicted molar refractivity (Wildman–Crippen MR) is 104 cm³/mol. The fraction of sp³-hybridized carbons (Fsp3) is 0.217. The Bertz CT molecular complexity index is 874. The molecule has 0 unspecified atom stereocenters. The molecule has 132 valence electrons. The van der Waals surface area contributed by atoms with E-state index in [0.717, 1.165) is 29.0 Å². The summed E-state index contributed by atoms with van der Waals surface area (Å²) in [5, 5.41) is 10.3. The van der Waals surface area contributed by atoms with E-state index in [9.17, 15) is 5.11 Å². The average Bonchev–Trinajstić information content (AvgIpc) is 2.67. The number of aliphatic hydroxyl groups is 1. The molecule has 1 heterocycles. The first-order valence-corrected chi connectivity index (χ1v) is 8.96. The minimum Gasteiger partial charge on any atom is -0.489 e. The first-order chi connectivity index (χ1) is 12.7. The van der Waals surface area contributed by atoms with Crippen molar-refractivity contribution >= 4 is 0 Å². The van der Waals surface area contributed by atoms with E-state index in [2.05, 4.69) is 53.4 Å². The van der Waals surface area contributed by atoms with Gasteiger partial charge in [0.15, 0.2) is 0 Å². The molecule has 3 nitrogen and oxygen atoms in total. The number of benzene rings is 3. The summed E-state index contributed by atoms with van der Waals surface area (Å²) in [6.07, 6.45) is -0.447. The molecule has 4 rings (SSSR count). The van der Waals surface area contributed by atoms with Gasteiger partial charge in [0, 0.05) is 18.7 Å². The van der Waals surface area contributed by atoms with Crippen LogP contribution < -0.4 is 4.74 Å². The summed E-state index contributed by atoms with van der Waals surface area (Å²) >= 11 is 0. The lowest BCUT2D eigenvalue weighted by atomic mass is 9.97. The Kier molecular flexibility index (Phi) is 4.74. The largest absolute Gasteiger partial charge is 0.489 e. The maximum Gasteiger partial charge on any atom is 0.124 e. The summed E-state index contributed by atoms with van der Waals surface area (Å²) in [5.74, 6) is 0.861. The minimum atomic E-state index is -0.447. The van der Waals surface area contributed by atoms with Crippen LogP contribution >= 0.6 is 0 Å². The molecule has 1 atom stereocenters. The van der Waals surface area contributed by atoms with Crippen LogP contribution in [0.4, 0.5) is 0 Å². The second kappa shape index (κ2) is 7.32. The Morgan fingerprint density at radius 3 is 2.42 bits per heavy atom. The molecule has 0 fully saturated rings. The summed E-state index contributed by atoms with van der Waals surface area (Å²) in [7, 11) is 2.02. The summed E-state index contributed by atoms with van der Waals surface area (Å²) in [5.41, 5.74) is 5.63. The highest BCUT2D eigenvalue weighted by Gasteiger charge is 2.24. The van der Waals surface area contributed by atoms with Crippen molar-refractivity contribution in [3.05, 3.63) is 89.5 Å². The van der Waals surface area contributed by atoms with E-state index in [1.54, 1.807) is 0 Å². The van der Waals surface area contributed by atoms with Crippen LogP contribution in [0.15, 0.2) is 72.8 Å². The van der Waals surface area contributed by atoms with Crippen molar-refractivity contribution in [3.63, 3.8) is 0 Å². The molecule has 3 aromatic carbocycles. The molecule has 26 heavy (non-hydrogen) atoms. The van der Waals surface area contributed by atoms with E-state index < -0.39 is 6.10 Å². The van der Waals surface area contributed by atoms with Crippen LogP contribution in [-0.4, -0.2) is 23.6 Å². The third-order valence-electron chi connectivity index (χ3n) is 4.90. The van der Waals surface area contributed by atoms with Crippen molar-refractivity contribution in [2.24, 2.45) is 0 Å². The lowest BCUT2D eigenvalue weighted by Gasteiger charge is -2.30. The lowest BCUT2D eigenvalue weighted by Crippen LogP contribution is -2.30. The summed E-state index contributed by atoms with van der Waals surface area (Å²) in [6, 6.07) is 24.8. The van der Waals surface area contributed by atoms with Crippen molar-refractivity contribution in [1.82, 2.24) is 4.90 Å². The fourth-order valence-electron chi connectivity index (χ4n) is 3.51. The molecular formula is C23H23NO2. The second-order valence-electron chi connectivity index (χ2n) is 6.89. The van der Waals surface area contributed by atoms with E-state index in [1.165, 1.54) is 11.1 Å². The lowest BCUT2D eigenvalue weighted by molar-refractivity contribution is 0.106. The number of hydrogen-bond acceptors (Lipinski definition) is 3. The van der Waals surface area contributed by atoms with Crippen LogP contribution in [0.5, 0.6) is 5.75 Å². The van der Waals surface area contributed by atoms with Crippen molar-refractivity contribution < 1.29 is 9.84 Å². The molecule has 0 aromatic heterocycles. The molecular weight excluding hydrogens is 322 g/mol.